The lowest BCUT2D eigenvalue weighted by Crippen LogP contribution is -2.28. The number of rotatable bonds is 7. The Labute approximate surface area is 232 Å². The Bertz CT molecular complexity index is 1820. The molecule has 0 saturated heterocycles. The van der Waals surface area contributed by atoms with E-state index in [9.17, 15) is 19.1 Å². The predicted octanol–water partition coefficient (Wildman–Crippen LogP) is 4.79. The van der Waals surface area contributed by atoms with E-state index in [1.807, 2.05) is 12.1 Å². The van der Waals surface area contributed by atoms with Gasteiger partial charge in [0.1, 0.15) is 5.82 Å². The average Bonchev–Trinajstić information content (AvgIpc) is 3.48. The molecule has 2 aromatic heterocycles. The number of hydrogen-bond acceptors (Lipinski definition) is 6. The molecule has 10 heteroatoms. The quantitative estimate of drug-likeness (QED) is 0.308. The zero-order valence-corrected chi connectivity index (χ0v) is 22.6. The number of ether oxygens (including phenoxy) is 1. The molecule has 0 radical (unpaired) electrons. The van der Waals surface area contributed by atoms with Crippen molar-refractivity contribution in [1.82, 2.24) is 14.3 Å². The minimum Gasteiger partial charge on any atom is -0.503 e. The predicted molar refractivity (Wildman–Crippen MR) is 150 cm³/mol. The van der Waals surface area contributed by atoms with Crippen LogP contribution in [-0.4, -0.2) is 46.0 Å². The first kappa shape index (κ1) is 26.4. The van der Waals surface area contributed by atoms with E-state index in [0.717, 1.165) is 5.56 Å². The van der Waals surface area contributed by atoms with Gasteiger partial charge in [0, 0.05) is 30.9 Å². The average molecular weight is 564 g/mol. The van der Waals surface area contributed by atoms with Gasteiger partial charge in [-0.15, -0.1) is 0 Å². The van der Waals surface area contributed by atoms with Gasteiger partial charge in [0.2, 0.25) is 0 Å². The summed E-state index contributed by atoms with van der Waals surface area (Å²) in [6.45, 7) is 0.434. The van der Waals surface area contributed by atoms with Crippen molar-refractivity contribution in [3.8, 4) is 22.8 Å². The number of carbonyl (C=O) groups is 1. The summed E-state index contributed by atoms with van der Waals surface area (Å²) >= 11 is 7.29. The number of hydrogen-bond donors (Lipinski definition) is 1. The molecular weight excluding hydrogens is 541 g/mol. The van der Waals surface area contributed by atoms with Crippen molar-refractivity contribution in [2.24, 2.45) is 0 Å². The number of methoxy groups -OCH3 is 1. The zero-order valence-electron chi connectivity index (χ0n) is 21.0. The first-order chi connectivity index (χ1) is 18.7. The third kappa shape index (κ3) is 5.50. The number of halogens is 2. The van der Waals surface area contributed by atoms with Gasteiger partial charge in [-0.25, -0.2) is 9.37 Å². The lowest BCUT2D eigenvalue weighted by atomic mass is 10.1. The van der Waals surface area contributed by atoms with Crippen LogP contribution in [0.15, 0.2) is 71.7 Å². The summed E-state index contributed by atoms with van der Waals surface area (Å²) in [4.78, 5) is 32.8. The highest BCUT2D eigenvalue weighted by atomic mass is 35.5. The highest BCUT2D eigenvalue weighted by Crippen LogP contribution is 2.35. The lowest BCUT2D eigenvalue weighted by Gasteiger charge is -2.17. The fourth-order valence-corrected chi connectivity index (χ4v) is 5.35. The summed E-state index contributed by atoms with van der Waals surface area (Å²) in [6.07, 6.45) is 3.84. The van der Waals surface area contributed by atoms with Crippen LogP contribution in [0.1, 0.15) is 21.5 Å². The summed E-state index contributed by atoms with van der Waals surface area (Å²) in [5, 5.41) is 10.1. The van der Waals surface area contributed by atoms with E-state index in [2.05, 4.69) is 4.98 Å². The molecule has 7 nitrogen and oxygen atoms in total. The molecule has 1 N–H and O–H groups in total. The molecule has 0 aliphatic heterocycles. The summed E-state index contributed by atoms with van der Waals surface area (Å²) in [7, 11) is 3.13. The Morgan fingerprint density at radius 2 is 2.00 bits per heavy atom. The van der Waals surface area contributed by atoms with Crippen LogP contribution in [0.4, 0.5) is 4.39 Å². The number of amides is 1. The van der Waals surface area contributed by atoms with Crippen molar-refractivity contribution in [2.45, 2.75) is 6.42 Å². The van der Waals surface area contributed by atoms with E-state index in [4.69, 9.17) is 16.3 Å². The molecule has 1 amide bonds. The van der Waals surface area contributed by atoms with E-state index in [0.29, 0.717) is 44.8 Å². The van der Waals surface area contributed by atoms with Crippen LogP contribution >= 0.6 is 22.9 Å². The van der Waals surface area contributed by atoms with Crippen LogP contribution in [0.2, 0.25) is 5.02 Å². The standard InChI is InChI=1S/C29H23ClFN3O4S/c1-33(10-9-17-5-3-8-21(31)11-17)27(36)20-7-4-6-19(15-20)23-16-34-28(37)25(39-29(34)32-23)14-18-12-22(30)26(35)24(13-18)38-2/h3-8,11-16,35H,9-10H2,1-2H3/b25-14-. The smallest absolute Gasteiger partial charge is 0.274 e. The number of aromatic hydroxyl groups is 1. The van der Waals surface area contributed by atoms with Crippen molar-refractivity contribution < 1.29 is 19.0 Å². The van der Waals surface area contributed by atoms with Crippen LogP contribution in [-0.2, 0) is 6.42 Å². The maximum Gasteiger partial charge on any atom is 0.274 e. The highest BCUT2D eigenvalue weighted by molar-refractivity contribution is 7.15. The minimum atomic E-state index is -0.301. The molecule has 198 valence electrons. The number of fused-ring (bicyclic) bond motifs is 1. The number of benzene rings is 3. The van der Waals surface area contributed by atoms with Crippen molar-refractivity contribution in [1.29, 1.82) is 0 Å². The van der Waals surface area contributed by atoms with Gasteiger partial charge < -0.3 is 14.7 Å². The summed E-state index contributed by atoms with van der Waals surface area (Å²) in [5.74, 6) is -0.425. The van der Waals surface area contributed by atoms with Crippen LogP contribution in [0.5, 0.6) is 11.5 Å². The molecule has 0 bridgehead atoms. The maximum absolute atomic E-state index is 13.4. The summed E-state index contributed by atoms with van der Waals surface area (Å²) in [5.41, 5.74) is 2.93. The first-order valence-electron chi connectivity index (χ1n) is 11.9. The SMILES string of the molecule is COc1cc(/C=c2\sc3nc(-c4cccc(C(=O)N(C)CCc5cccc(F)c5)c4)cn3c2=O)cc(Cl)c1O. The van der Waals surface area contributed by atoms with Crippen LogP contribution in [0.3, 0.4) is 0 Å². The van der Waals surface area contributed by atoms with Crippen LogP contribution in [0, 0.1) is 5.82 Å². The maximum atomic E-state index is 13.4. The van der Waals surface area contributed by atoms with Crippen LogP contribution < -0.4 is 14.8 Å². The van der Waals surface area contributed by atoms with Crippen molar-refractivity contribution in [3.63, 3.8) is 0 Å². The Morgan fingerprint density at radius 1 is 1.21 bits per heavy atom. The Balaban J connectivity index is 1.38. The zero-order chi connectivity index (χ0) is 27.7. The molecular formula is C29H23ClFN3O4S. The summed E-state index contributed by atoms with van der Waals surface area (Å²) in [6, 6.07) is 16.6. The van der Waals surface area contributed by atoms with Gasteiger partial charge in [-0.2, -0.15) is 0 Å². The monoisotopic (exact) mass is 563 g/mol. The molecule has 5 rings (SSSR count). The molecule has 0 aliphatic carbocycles. The number of nitrogens with zero attached hydrogens (tertiary/aromatic N) is 3. The normalized spacial score (nSPS) is 11.7. The number of phenols is 1. The van der Waals surface area contributed by atoms with Crippen molar-refractivity contribution in [3.05, 3.63) is 109 Å². The first-order valence-corrected chi connectivity index (χ1v) is 13.1. The van der Waals surface area contributed by atoms with E-state index in [1.54, 1.807) is 60.6 Å². The second kappa shape index (κ2) is 10.9. The van der Waals surface area contributed by atoms with Gasteiger partial charge in [0.25, 0.3) is 11.5 Å². The van der Waals surface area contributed by atoms with Gasteiger partial charge >= 0.3 is 0 Å². The molecule has 0 spiro atoms. The molecule has 0 fully saturated rings. The van der Waals surface area contributed by atoms with Crippen molar-refractivity contribution in [2.75, 3.05) is 20.7 Å². The molecule has 3 aromatic carbocycles. The van der Waals surface area contributed by atoms with Crippen LogP contribution in [0.25, 0.3) is 22.3 Å². The molecule has 5 aromatic rings. The minimum absolute atomic E-state index is 0.116. The van der Waals surface area contributed by atoms with E-state index < -0.39 is 0 Å². The van der Waals surface area contributed by atoms with E-state index >= 15 is 0 Å². The van der Waals surface area contributed by atoms with Gasteiger partial charge in [-0.3, -0.25) is 14.0 Å². The highest BCUT2D eigenvalue weighted by Gasteiger charge is 2.16. The number of carbonyl (C=O) groups excluding carboxylic acids is 1. The second-order valence-electron chi connectivity index (χ2n) is 8.94. The Morgan fingerprint density at radius 3 is 2.74 bits per heavy atom. The molecule has 0 unspecified atom stereocenters. The fourth-order valence-electron chi connectivity index (χ4n) is 4.18. The van der Waals surface area contributed by atoms with Crippen molar-refractivity contribution >= 4 is 39.9 Å². The Hall–Kier alpha value is -4.21. The largest absolute Gasteiger partial charge is 0.503 e. The topological polar surface area (TPSA) is 84.1 Å². The molecule has 0 atom stereocenters. The Kier molecular flexibility index (Phi) is 7.36. The lowest BCUT2D eigenvalue weighted by molar-refractivity contribution is 0.0796. The van der Waals surface area contributed by atoms with E-state index in [1.165, 1.54) is 35.0 Å². The van der Waals surface area contributed by atoms with Gasteiger partial charge in [0.15, 0.2) is 16.5 Å². The molecule has 39 heavy (non-hydrogen) atoms. The number of thiazole rings is 1. The number of phenolic OH excluding ortho intramolecular Hbond substituents is 1. The molecule has 2 heterocycles. The third-order valence-electron chi connectivity index (χ3n) is 6.25. The second-order valence-corrected chi connectivity index (χ2v) is 10.4. The third-order valence-corrected chi connectivity index (χ3v) is 7.52. The van der Waals surface area contributed by atoms with E-state index in [-0.39, 0.29) is 33.8 Å². The van der Waals surface area contributed by atoms with Gasteiger partial charge in [-0.05, 0) is 60.0 Å². The van der Waals surface area contributed by atoms with Gasteiger partial charge in [0.05, 0.1) is 22.4 Å². The summed E-state index contributed by atoms with van der Waals surface area (Å²) < 4.78 is 20.5. The fraction of sp³-hybridized carbons (Fsp3) is 0.138. The van der Waals surface area contributed by atoms with Gasteiger partial charge in [-0.1, -0.05) is 47.2 Å². The number of aromatic nitrogens is 2. The molecule has 0 aliphatic rings. The molecule has 0 saturated carbocycles. The number of imidazole rings is 1. The number of likely N-dealkylation sites (N-methyl/N-ethyl adjacent to an activating group) is 1.